The molecule has 9 heteroatoms. The van der Waals surface area contributed by atoms with Crippen LogP contribution in [0.15, 0.2) is 30.6 Å². The van der Waals surface area contributed by atoms with Crippen LogP contribution in [0.25, 0.3) is 11.4 Å². The first-order valence-electron chi connectivity index (χ1n) is 8.18. The van der Waals surface area contributed by atoms with E-state index in [4.69, 9.17) is 21.1 Å². The maximum absolute atomic E-state index is 12.3. The van der Waals surface area contributed by atoms with Gasteiger partial charge < -0.3 is 14.0 Å². The summed E-state index contributed by atoms with van der Waals surface area (Å²) in [4.78, 5) is 4.44. The first kappa shape index (κ1) is 19.2. The van der Waals surface area contributed by atoms with Crippen LogP contribution in [-0.2, 0) is 14.8 Å². The van der Waals surface area contributed by atoms with Gasteiger partial charge in [-0.05, 0) is 18.2 Å². The molecular weight excluding hydrogens is 378 g/mol. The molecule has 2 aromatic rings. The van der Waals surface area contributed by atoms with Gasteiger partial charge in [0.2, 0.25) is 10.0 Å². The van der Waals surface area contributed by atoms with E-state index in [1.54, 1.807) is 39.5 Å². The van der Waals surface area contributed by atoms with E-state index in [1.165, 1.54) is 4.31 Å². The van der Waals surface area contributed by atoms with Gasteiger partial charge in [-0.2, -0.15) is 0 Å². The molecule has 0 unspecified atom stereocenters. The fourth-order valence-corrected chi connectivity index (χ4v) is 4.50. The molecule has 1 saturated heterocycles. The van der Waals surface area contributed by atoms with Crippen LogP contribution < -0.4 is 4.74 Å². The number of nitrogens with zero attached hydrogens (tertiary/aromatic N) is 3. The van der Waals surface area contributed by atoms with E-state index in [1.807, 2.05) is 16.8 Å². The molecule has 1 aromatic heterocycles. The highest BCUT2D eigenvalue weighted by Crippen LogP contribution is 2.34. The number of ether oxygens (including phenoxy) is 2. The van der Waals surface area contributed by atoms with Crippen molar-refractivity contribution in [2.24, 2.45) is 5.92 Å². The van der Waals surface area contributed by atoms with Gasteiger partial charge in [-0.25, -0.2) is 17.7 Å². The molecular formula is C17H22ClN3O4S. The van der Waals surface area contributed by atoms with E-state index in [2.05, 4.69) is 4.98 Å². The van der Waals surface area contributed by atoms with Gasteiger partial charge in [0.05, 0.1) is 37.1 Å². The van der Waals surface area contributed by atoms with Gasteiger partial charge in [-0.3, -0.25) is 0 Å². The standard InChI is InChI=1S/C17H22ClN3O4S/c1-20(2)26(22,23)11-13-9-25-10-15(13)21-7-6-19-17(21)12-4-5-16(24-3)14(18)8-12/h4-8,13,15H,9-11H2,1-3H3/t13-,15-/m1/s1. The molecule has 1 aliphatic heterocycles. The van der Waals surface area contributed by atoms with Crippen molar-refractivity contribution in [2.45, 2.75) is 6.04 Å². The van der Waals surface area contributed by atoms with E-state index in [0.29, 0.717) is 24.0 Å². The van der Waals surface area contributed by atoms with E-state index in [0.717, 1.165) is 11.4 Å². The largest absolute Gasteiger partial charge is 0.495 e. The summed E-state index contributed by atoms with van der Waals surface area (Å²) in [6.45, 7) is 0.847. The van der Waals surface area contributed by atoms with Gasteiger partial charge in [0.25, 0.3) is 0 Å². The Morgan fingerprint density at radius 2 is 2.15 bits per heavy atom. The van der Waals surface area contributed by atoms with Crippen LogP contribution in [0.1, 0.15) is 6.04 Å². The number of hydrogen-bond donors (Lipinski definition) is 0. The van der Waals surface area contributed by atoms with Crippen molar-refractivity contribution in [3.63, 3.8) is 0 Å². The van der Waals surface area contributed by atoms with Crippen molar-refractivity contribution in [2.75, 3.05) is 40.2 Å². The lowest BCUT2D eigenvalue weighted by atomic mass is 10.1. The van der Waals surface area contributed by atoms with E-state index in [-0.39, 0.29) is 17.7 Å². The summed E-state index contributed by atoms with van der Waals surface area (Å²) >= 11 is 6.24. The van der Waals surface area contributed by atoms with Crippen molar-refractivity contribution < 1.29 is 17.9 Å². The maximum atomic E-state index is 12.3. The summed E-state index contributed by atoms with van der Waals surface area (Å²) in [5.74, 6) is 1.19. The molecule has 7 nitrogen and oxygen atoms in total. The number of aromatic nitrogens is 2. The molecule has 2 atom stereocenters. The summed E-state index contributed by atoms with van der Waals surface area (Å²) < 4.78 is 38.6. The molecule has 1 aliphatic rings. The van der Waals surface area contributed by atoms with Gasteiger partial charge >= 0.3 is 0 Å². The van der Waals surface area contributed by atoms with Crippen LogP contribution >= 0.6 is 11.6 Å². The molecule has 2 heterocycles. The number of methoxy groups -OCH3 is 1. The Morgan fingerprint density at radius 3 is 2.81 bits per heavy atom. The minimum atomic E-state index is -3.32. The summed E-state index contributed by atoms with van der Waals surface area (Å²) in [5, 5.41) is 0.494. The number of sulfonamides is 1. The molecule has 1 fully saturated rings. The normalized spacial score (nSPS) is 20.7. The summed E-state index contributed by atoms with van der Waals surface area (Å²) in [6, 6.07) is 5.35. The Morgan fingerprint density at radius 1 is 1.38 bits per heavy atom. The fourth-order valence-electron chi connectivity index (χ4n) is 3.08. The molecule has 0 bridgehead atoms. The van der Waals surface area contributed by atoms with E-state index in [9.17, 15) is 8.42 Å². The molecule has 1 aromatic carbocycles. The third-order valence-electron chi connectivity index (χ3n) is 4.58. The van der Waals surface area contributed by atoms with Crippen molar-refractivity contribution in [3.8, 4) is 17.1 Å². The molecule has 3 rings (SSSR count). The Hall–Kier alpha value is -1.61. The number of halogens is 1. The second kappa shape index (κ2) is 7.56. The third-order valence-corrected chi connectivity index (χ3v) is 6.84. The zero-order valence-corrected chi connectivity index (χ0v) is 16.5. The quantitative estimate of drug-likeness (QED) is 0.745. The predicted octanol–water partition coefficient (Wildman–Crippen LogP) is 2.29. The lowest BCUT2D eigenvalue weighted by Crippen LogP contribution is -2.32. The van der Waals surface area contributed by atoms with Crippen LogP contribution in [0.2, 0.25) is 5.02 Å². The van der Waals surface area contributed by atoms with Gasteiger partial charge in [-0.1, -0.05) is 11.6 Å². The zero-order valence-electron chi connectivity index (χ0n) is 14.9. The second-order valence-electron chi connectivity index (χ2n) is 6.43. The second-order valence-corrected chi connectivity index (χ2v) is 9.07. The van der Waals surface area contributed by atoms with Gasteiger partial charge in [0, 0.05) is 38.0 Å². The van der Waals surface area contributed by atoms with Gasteiger partial charge in [0.1, 0.15) is 11.6 Å². The van der Waals surface area contributed by atoms with E-state index < -0.39 is 10.0 Å². The fraction of sp³-hybridized carbons (Fsp3) is 0.471. The van der Waals surface area contributed by atoms with Crippen LogP contribution in [0.5, 0.6) is 5.75 Å². The average molecular weight is 400 g/mol. The van der Waals surface area contributed by atoms with Crippen molar-refractivity contribution in [1.82, 2.24) is 13.9 Å². The van der Waals surface area contributed by atoms with E-state index >= 15 is 0 Å². The molecule has 142 valence electrons. The summed E-state index contributed by atoms with van der Waals surface area (Å²) in [6.07, 6.45) is 3.55. The highest BCUT2D eigenvalue weighted by molar-refractivity contribution is 7.89. The van der Waals surface area contributed by atoms with Gasteiger partial charge in [-0.15, -0.1) is 0 Å². The minimum Gasteiger partial charge on any atom is -0.495 e. The highest BCUT2D eigenvalue weighted by atomic mass is 35.5. The molecule has 26 heavy (non-hydrogen) atoms. The first-order valence-corrected chi connectivity index (χ1v) is 10.2. The summed E-state index contributed by atoms with van der Waals surface area (Å²) in [7, 11) is 1.33. The minimum absolute atomic E-state index is 0.0334. The Balaban J connectivity index is 1.91. The lowest BCUT2D eigenvalue weighted by molar-refractivity contribution is 0.182. The predicted molar refractivity (Wildman–Crippen MR) is 100 cm³/mol. The maximum Gasteiger partial charge on any atom is 0.214 e. The average Bonchev–Trinajstić information content (AvgIpc) is 3.22. The number of hydrogen-bond acceptors (Lipinski definition) is 5. The SMILES string of the molecule is COc1ccc(-c2nccn2[C@@H]2COC[C@@H]2CS(=O)(=O)N(C)C)cc1Cl. The van der Waals surface area contributed by atoms with Crippen molar-refractivity contribution in [1.29, 1.82) is 0 Å². The number of imidazole rings is 1. The van der Waals surface area contributed by atoms with Crippen LogP contribution in [0.3, 0.4) is 0 Å². The number of benzene rings is 1. The van der Waals surface area contributed by atoms with Gasteiger partial charge in [0.15, 0.2) is 0 Å². The number of rotatable bonds is 6. The zero-order chi connectivity index (χ0) is 18.9. The molecule has 0 aliphatic carbocycles. The monoisotopic (exact) mass is 399 g/mol. The molecule has 0 spiro atoms. The summed E-state index contributed by atoms with van der Waals surface area (Å²) in [5.41, 5.74) is 0.835. The highest BCUT2D eigenvalue weighted by Gasteiger charge is 2.35. The molecule has 0 amide bonds. The van der Waals surface area contributed by atoms with Crippen molar-refractivity contribution in [3.05, 3.63) is 35.6 Å². The Bertz CT molecular complexity index is 882. The van der Waals surface area contributed by atoms with Crippen LogP contribution in [0, 0.1) is 5.92 Å². The van der Waals surface area contributed by atoms with Crippen LogP contribution in [0.4, 0.5) is 0 Å². The lowest BCUT2D eigenvalue weighted by Gasteiger charge is -2.22. The smallest absolute Gasteiger partial charge is 0.214 e. The Kier molecular flexibility index (Phi) is 5.57. The van der Waals surface area contributed by atoms with Crippen molar-refractivity contribution >= 4 is 21.6 Å². The van der Waals surface area contributed by atoms with Crippen LogP contribution in [-0.4, -0.2) is 62.4 Å². The Labute approximate surface area is 158 Å². The molecule has 0 saturated carbocycles. The third kappa shape index (κ3) is 3.73. The first-order chi connectivity index (χ1) is 12.3. The molecule has 0 N–H and O–H groups in total. The topological polar surface area (TPSA) is 73.7 Å². The molecule has 0 radical (unpaired) electrons.